The largest absolute Gasteiger partial charge is 0.387 e. The maximum atomic E-state index is 12.5. The van der Waals surface area contributed by atoms with Crippen LogP contribution in [-0.4, -0.2) is 53.1 Å². The summed E-state index contributed by atoms with van der Waals surface area (Å²) in [6, 6.07) is -1.23. The van der Waals surface area contributed by atoms with Crippen LogP contribution in [0.5, 0.6) is 0 Å². The molecule has 1 amide bonds. The van der Waals surface area contributed by atoms with Gasteiger partial charge in [-0.1, -0.05) is 127 Å². The summed E-state index contributed by atoms with van der Waals surface area (Å²) in [7, 11) is -4.43. The summed E-state index contributed by atoms with van der Waals surface area (Å²) in [5.41, 5.74) is 0. The molecule has 41 heavy (non-hydrogen) atoms. The first-order valence-electron chi connectivity index (χ1n) is 16.3. The number of hydrogen-bond acceptors (Lipinski definition) is 5. The van der Waals surface area contributed by atoms with E-state index in [2.05, 4.69) is 43.5 Å². The van der Waals surface area contributed by atoms with Crippen molar-refractivity contribution in [3.63, 3.8) is 0 Å². The number of rotatable bonds is 28. The molecule has 0 radical (unpaired) electrons. The summed E-state index contributed by atoms with van der Waals surface area (Å²) in [6.45, 7) is 4.39. The highest BCUT2D eigenvalue weighted by atomic mass is 32.2. The molecule has 0 saturated heterocycles. The molecule has 0 saturated carbocycles. The molecule has 0 aliphatic rings. The molecule has 240 valence electrons. The van der Waals surface area contributed by atoms with Crippen molar-refractivity contribution in [2.75, 3.05) is 5.75 Å². The van der Waals surface area contributed by atoms with Gasteiger partial charge >= 0.3 is 0 Å². The van der Waals surface area contributed by atoms with Gasteiger partial charge in [0.2, 0.25) is 5.91 Å². The zero-order valence-corrected chi connectivity index (χ0v) is 26.8. The van der Waals surface area contributed by atoms with Gasteiger partial charge in [0.25, 0.3) is 10.1 Å². The van der Waals surface area contributed by atoms with Crippen LogP contribution in [0.25, 0.3) is 0 Å². The van der Waals surface area contributed by atoms with Crippen LogP contribution >= 0.6 is 0 Å². The van der Waals surface area contributed by atoms with Crippen LogP contribution in [0, 0.1) is 0 Å². The van der Waals surface area contributed by atoms with Gasteiger partial charge in [0.1, 0.15) is 6.10 Å². The van der Waals surface area contributed by atoms with E-state index in [1.54, 1.807) is 6.08 Å². The molecule has 0 aliphatic carbocycles. The average molecular weight is 600 g/mol. The lowest BCUT2D eigenvalue weighted by molar-refractivity contribution is -0.130. The highest BCUT2D eigenvalue weighted by Crippen LogP contribution is 2.12. The molecular formula is C33H61NO6S. The third-order valence-corrected chi connectivity index (χ3v) is 7.95. The fourth-order valence-electron chi connectivity index (χ4n) is 4.60. The molecular weight excluding hydrogens is 538 g/mol. The van der Waals surface area contributed by atoms with Gasteiger partial charge in [0.05, 0.1) is 17.9 Å². The van der Waals surface area contributed by atoms with E-state index in [1.807, 2.05) is 0 Å². The maximum Gasteiger partial charge on any atom is 0.267 e. The number of unbranched alkanes of at least 4 members (excludes halogenated alkanes) is 15. The second-order valence-corrected chi connectivity index (χ2v) is 12.7. The van der Waals surface area contributed by atoms with Crippen molar-refractivity contribution in [1.29, 1.82) is 0 Å². The summed E-state index contributed by atoms with van der Waals surface area (Å²) < 4.78 is 32.2. The first-order valence-corrected chi connectivity index (χ1v) is 17.9. The van der Waals surface area contributed by atoms with Gasteiger partial charge in [-0.2, -0.15) is 8.42 Å². The van der Waals surface area contributed by atoms with Crippen molar-refractivity contribution < 1.29 is 28.0 Å². The third kappa shape index (κ3) is 27.1. The van der Waals surface area contributed by atoms with Gasteiger partial charge in [0.15, 0.2) is 0 Å². The van der Waals surface area contributed by atoms with E-state index in [9.17, 15) is 28.0 Å². The van der Waals surface area contributed by atoms with Crippen LogP contribution in [0.4, 0.5) is 0 Å². The second-order valence-electron chi connectivity index (χ2n) is 11.2. The third-order valence-electron chi connectivity index (χ3n) is 7.17. The Kier molecular flexibility index (Phi) is 26.4. The Labute approximate surface area is 251 Å². The topological polar surface area (TPSA) is 124 Å². The van der Waals surface area contributed by atoms with Crippen LogP contribution < -0.4 is 5.32 Å². The number of aliphatic hydroxyl groups is 2. The SMILES string of the molecule is CCCCC/C=C\C/C=C\CCCCCCCCC(O)C(=O)NC(CS(=O)(=O)O)C(O)/C=C/CCCCCCCC. The smallest absolute Gasteiger partial charge is 0.267 e. The minimum Gasteiger partial charge on any atom is -0.387 e. The van der Waals surface area contributed by atoms with E-state index in [-0.39, 0.29) is 6.42 Å². The van der Waals surface area contributed by atoms with Crippen molar-refractivity contribution in [3.8, 4) is 0 Å². The molecule has 7 nitrogen and oxygen atoms in total. The molecule has 0 aromatic heterocycles. The highest BCUT2D eigenvalue weighted by molar-refractivity contribution is 7.85. The Hall–Kier alpha value is -1.48. The predicted molar refractivity (Wildman–Crippen MR) is 171 cm³/mol. The van der Waals surface area contributed by atoms with E-state index in [1.165, 1.54) is 57.4 Å². The van der Waals surface area contributed by atoms with Crippen LogP contribution in [0.1, 0.15) is 142 Å². The Morgan fingerprint density at radius 2 is 1.15 bits per heavy atom. The minimum atomic E-state index is -4.43. The van der Waals surface area contributed by atoms with Crippen LogP contribution in [0.2, 0.25) is 0 Å². The predicted octanol–water partition coefficient (Wildman–Crippen LogP) is 7.59. The minimum absolute atomic E-state index is 0.267. The molecule has 3 unspecified atom stereocenters. The van der Waals surface area contributed by atoms with E-state index >= 15 is 0 Å². The van der Waals surface area contributed by atoms with E-state index in [0.29, 0.717) is 6.42 Å². The molecule has 0 aromatic rings. The van der Waals surface area contributed by atoms with Gasteiger partial charge in [0, 0.05) is 0 Å². The van der Waals surface area contributed by atoms with Gasteiger partial charge in [-0.05, 0) is 51.4 Å². The molecule has 0 rings (SSSR count). The number of nitrogens with one attached hydrogen (secondary N) is 1. The summed E-state index contributed by atoms with van der Waals surface area (Å²) in [5.74, 6) is -1.55. The van der Waals surface area contributed by atoms with Gasteiger partial charge in [-0.15, -0.1) is 0 Å². The van der Waals surface area contributed by atoms with Crippen LogP contribution in [0.3, 0.4) is 0 Å². The molecule has 0 bridgehead atoms. The van der Waals surface area contributed by atoms with E-state index in [4.69, 9.17) is 0 Å². The zero-order valence-electron chi connectivity index (χ0n) is 26.0. The van der Waals surface area contributed by atoms with Crippen molar-refractivity contribution in [1.82, 2.24) is 5.32 Å². The quantitative estimate of drug-likeness (QED) is 0.0417. The standard InChI is InChI=1S/C33H61NO6S/c1-3-5-7-9-11-13-14-15-16-17-18-19-20-22-24-26-28-32(36)33(37)34-30(29-41(38,39)40)31(35)27-25-23-21-12-10-8-6-4-2/h11,13,15-16,25,27,30-32,35-36H,3-10,12,14,17-24,26,28-29H2,1-2H3,(H,34,37)(H,38,39,40)/b13-11-,16-15-,27-25+. The molecule has 3 atom stereocenters. The average Bonchev–Trinajstić information content (AvgIpc) is 2.92. The Bertz CT molecular complexity index is 809. The summed E-state index contributed by atoms with van der Waals surface area (Å²) in [5, 5.41) is 23.1. The molecule has 0 spiro atoms. The molecule has 8 heteroatoms. The van der Waals surface area contributed by atoms with Crippen molar-refractivity contribution in [2.24, 2.45) is 0 Å². The number of amides is 1. The fraction of sp³-hybridized carbons (Fsp3) is 0.788. The fourth-order valence-corrected chi connectivity index (χ4v) is 5.34. The van der Waals surface area contributed by atoms with E-state index < -0.39 is 40.0 Å². The number of carbonyl (C=O) groups excluding carboxylic acids is 1. The summed E-state index contributed by atoms with van der Waals surface area (Å²) >= 11 is 0. The lowest BCUT2D eigenvalue weighted by Gasteiger charge is -2.22. The summed E-state index contributed by atoms with van der Waals surface area (Å²) in [6.07, 6.45) is 30.7. The van der Waals surface area contributed by atoms with Crippen molar-refractivity contribution in [2.45, 2.75) is 161 Å². The monoisotopic (exact) mass is 599 g/mol. The van der Waals surface area contributed by atoms with Crippen LogP contribution in [0.15, 0.2) is 36.5 Å². The first-order chi connectivity index (χ1) is 19.7. The Morgan fingerprint density at radius 1 is 0.683 bits per heavy atom. The number of carbonyl (C=O) groups is 1. The number of hydrogen-bond donors (Lipinski definition) is 4. The molecule has 4 N–H and O–H groups in total. The zero-order chi connectivity index (χ0) is 30.6. The van der Waals surface area contributed by atoms with Gasteiger partial charge in [-0.3, -0.25) is 9.35 Å². The lowest BCUT2D eigenvalue weighted by atomic mass is 10.0. The normalized spacial score (nSPS) is 14.8. The van der Waals surface area contributed by atoms with Gasteiger partial charge in [-0.25, -0.2) is 0 Å². The first kappa shape index (κ1) is 39.5. The lowest BCUT2D eigenvalue weighted by Crippen LogP contribution is -2.50. The van der Waals surface area contributed by atoms with E-state index in [0.717, 1.165) is 64.2 Å². The Morgan fingerprint density at radius 3 is 1.71 bits per heavy atom. The van der Waals surface area contributed by atoms with Crippen molar-refractivity contribution in [3.05, 3.63) is 36.5 Å². The molecule has 0 heterocycles. The highest BCUT2D eigenvalue weighted by Gasteiger charge is 2.27. The molecule has 0 aromatic carbocycles. The summed E-state index contributed by atoms with van der Waals surface area (Å²) in [4.78, 5) is 12.5. The molecule has 0 fully saturated rings. The maximum absolute atomic E-state index is 12.5. The van der Waals surface area contributed by atoms with Crippen LogP contribution in [-0.2, 0) is 14.9 Å². The van der Waals surface area contributed by atoms with Gasteiger partial charge < -0.3 is 15.5 Å². The second kappa shape index (κ2) is 27.4. The number of allylic oxidation sites excluding steroid dienone is 5. The number of aliphatic hydroxyl groups excluding tert-OH is 2. The Balaban J connectivity index is 4.15. The molecule has 0 aliphatic heterocycles. The van der Waals surface area contributed by atoms with Crippen molar-refractivity contribution >= 4 is 16.0 Å².